The Morgan fingerprint density at radius 2 is 1.59 bits per heavy atom. The van der Waals surface area contributed by atoms with Gasteiger partial charge in [-0.25, -0.2) is 9.59 Å². The Bertz CT molecular complexity index is 772. The number of cyclic esters (lactones) is 2. The summed E-state index contributed by atoms with van der Waals surface area (Å²) in [4.78, 5) is 28.5. The van der Waals surface area contributed by atoms with Crippen LogP contribution in [-0.2, 0) is 4.74 Å². The van der Waals surface area contributed by atoms with Crippen molar-refractivity contribution in [2.24, 2.45) is 0 Å². The van der Waals surface area contributed by atoms with Crippen molar-refractivity contribution in [3.05, 3.63) is 41.5 Å². The number of nitrogens with zero attached hydrogens (tertiary/aromatic N) is 2. The van der Waals surface area contributed by atoms with Gasteiger partial charge in [0, 0.05) is 42.6 Å². The van der Waals surface area contributed by atoms with Crippen molar-refractivity contribution in [2.45, 2.75) is 0 Å². The minimum absolute atomic E-state index is 0.475. The van der Waals surface area contributed by atoms with Crippen molar-refractivity contribution in [2.75, 3.05) is 38.1 Å². The Labute approximate surface area is 128 Å². The van der Waals surface area contributed by atoms with Gasteiger partial charge in [0.2, 0.25) is 0 Å². The highest BCUT2D eigenvalue weighted by molar-refractivity contribution is 6.22. The van der Waals surface area contributed by atoms with Crippen LogP contribution in [0.4, 0.5) is 5.69 Å². The Balaban J connectivity index is 1.91. The molecule has 5 heteroatoms. The number of rotatable bonds is 1. The van der Waals surface area contributed by atoms with E-state index in [1.54, 1.807) is 12.1 Å². The van der Waals surface area contributed by atoms with Crippen LogP contribution >= 0.6 is 0 Å². The second-order valence-electron chi connectivity index (χ2n) is 5.83. The summed E-state index contributed by atoms with van der Waals surface area (Å²) in [5, 5.41) is 1.67. The van der Waals surface area contributed by atoms with Gasteiger partial charge in [-0.05, 0) is 25.2 Å². The van der Waals surface area contributed by atoms with Crippen LogP contribution in [0.15, 0.2) is 30.3 Å². The lowest BCUT2D eigenvalue weighted by molar-refractivity contribution is 0.0391. The number of hydrogen-bond acceptors (Lipinski definition) is 5. The maximum absolute atomic E-state index is 11.9. The molecule has 2 aliphatic heterocycles. The van der Waals surface area contributed by atoms with E-state index in [0.717, 1.165) is 42.6 Å². The molecule has 0 unspecified atom stereocenters. The molecular formula is C17H16N2O3. The summed E-state index contributed by atoms with van der Waals surface area (Å²) in [6, 6.07) is 9.27. The average Bonchev–Trinajstić information content (AvgIpc) is 2.53. The molecule has 0 radical (unpaired) electrons. The molecule has 4 rings (SSSR count). The molecule has 0 N–H and O–H groups in total. The SMILES string of the molecule is CN1CCN(c2ccc3c4c(cccc24)C(=O)OC3=O)CC1. The Morgan fingerprint density at radius 3 is 2.32 bits per heavy atom. The minimum atomic E-state index is -0.557. The number of carbonyl (C=O) groups excluding carboxylic acids is 2. The van der Waals surface area contributed by atoms with Gasteiger partial charge >= 0.3 is 11.9 Å². The topological polar surface area (TPSA) is 49.9 Å². The van der Waals surface area contributed by atoms with E-state index in [0.29, 0.717) is 11.1 Å². The van der Waals surface area contributed by atoms with Crippen LogP contribution in [0, 0.1) is 0 Å². The van der Waals surface area contributed by atoms with Crippen molar-refractivity contribution in [1.82, 2.24) is 4.90 Å². The summed E-state index contributed by atoms with van der Waals surface area (Å²) in [5.74, 6) is -1.11. The molecule has 0 amide bonds. The first-order valence-electron chi connectivity index (χ1n) is 7.41. The van der Waals surface area contributed by atoms with E-state index < -0.39 is 11.9 Å². The molecule has 22 heavy (non-hydrogen) atoms. The number of piperazine rings is 1. The maximum atomic E-state index is 11.9. The quantitative estimate of drug-likeness (QED) is 0.594. The molecule has 2 aromatic carbocycles. The van der Waals surface area contributed by atoms with E-state index in [2.05, 4.69) is 16.8 Å². The number of carbonyl (C=O) groups is 2. The summed E-state index contributed by atoms with van der Waals surface area (Å²) in [7, 11) is 2.11. The second-order valence-corrected chi connectivity index (χ2v) is 5.83. The number of esters is 2. The zero-order valence-corrected chi connectivity index (χ0v) is 12.3. The zero-order valence-electron chi connectivity index (χ0n) is 12.3. The van der Waals surface area contributed by atoms with E-state index >= 15 is 0 Å². The predicted molar refractivity (Wildman–Crippen MR) is 83.4 cm³/mol. The summed E-state index contributed by atoms with van der Waals surface area (Å²) in [6.07, 6.45) is 0. The molecule has 1 fully saturated rings. The third-order valence-corrected chi connectivity index (χ3v) is 4.49. The molecule has 0 aliphatic carbocycles. The highest BCUT2D eigenvalue weighted by Crippen LogP contribution is 2.35. The smallest absolute Gasteiger partial charge is 0.346 e. The molecule has 2 aromatic rings. The first kappa shape index (κ1) is 13.3. The molecule has 112 valence electrons. The average molecular weight is 296 g/mol. The second kappa shape index (κ2) is 4.81. The van der Waals surface area contributed by atoms with Gasteiger partial charge in [-0.1, -0.05) is 12.1 Å². The molecule has 0 spiro atoms. The Morgan fingerprint density at radius 1 is 0.909 bits per heavy atom. The number of anilines is 1. The highest BCUT2D eigenvalue weighted by Gasteiger charge is 2.29. The number of hydrogen-bond donors (Lipinski definition) is 0. The van der Waals surface area contributed by atoms with E-state index in [-0.39, 0.29) is 0 Å². The van der Waals surface area contributed by atoms with Crippen LogP contribution in [0.3, 0.4) is 0 Å². The molecule has 0 aromatic heterocycles. The fraction of sp³-hybridized carbons (Fsp3) is 0.294. The van der Waals surface area contributed by atoms with Crippen molar-refractivity contribution in [3.8, 4) is 0 Å². The van der Waals surface area contributed by atoms with Crippen molar-refractivity contribution in [3.63, 3.8) is 0 Å². The fourth-order valence-electron chi connectivity index (χ4n) is 3.25. The molecule has 2 heterocycles. The van der Waals surface area contributed by atoms with E-state index in [1.165, 1.54) is 0 Å². The van der Waals surface area contributed by atoms with Gasteiger partial charge in [-0.15, -0.1) is 0 Å². The third-order valence-electron chi connectivity index (χ3n) is 4.49. The standard InChI is InChI=1S/C17H16N2O3/c1-18-7-9-19(10-8-18)14-6-5-13-15-11(14)3-2-4-12(15)16(20)22-17(13)21/h2-6H,7-10H2,1H3. The summed E-state index contributed by atoms with van der Waals surface area (Å²) in [5.41, 5.74) is 2.03. The number of likely N-dealkylation sites (N-methyl/N-ethyl adjacent to an activating group) is 1. The van der Waals surface area contributed by atoms with Crippen LogP contribution in [-0.4, -0.2) is 50.1 Å². The Kier molecular flexibility index (Phi) is 2.90. The van der Waals surface area contributed by atoms with Gasteiger partial charge in [0.05, 0.1) is 11.1 Å². The van der Waals surface area contributed by atoms with Gasteiger partial charge < -0.3 is 14.5 Å². The monoisotopic (exact) mass is 296 g/mol. The molecular weight excluding hydrogens is 280 g/mol. The van der Waals surface area contributed by atoms with Gasteiger partial charge in [0.25, 0.3) is 0 Å². The lowest BCUT2D eigenvalue weighted by Crippen LogP contribution is -2.44. The highest BCUT2D eigenvalue weighted by atomic mass is 16.6. The molecule has 0 bridgehead atoms. The third kappa shape index (κ3) is 1.89. The fourth-order valence-corrected chi connectivity index (χ4v) is 3.25. The van der Waals surface area contributed by atoms with E-state index in [4.69, 9.17) is 4.74 Å². The Hall–Kier alpha value is -2.40. The molecule has 1 saturated heterocycles. The normalized spacial score (nSPS) is 18.7. The van der Waals surface area contributed by atoms with Crippen molar-refractivity contribution in [1.29, 1.82) is 0 Å². The van der Waals surface area contributed by atoms with Crippen molar-refractivity contribution < 1.29 is 14.3 Å². The predicted octanol–water partition coefficient (Wildman–Crippen LogP) is 1.90. The van der Waals surface area contributed by atoms with Crippen LogP contribution < -0.4 is 4.90 Å². The lowest BCUT2D eigenvalue weighted by atomic mass is 9.95. The largest absolute Gasteiger partial charge is 0.386 e. The van der Waals surface area contributed by atoms with Crippen molar-refractivity contribution >= 4 is 28.4 Å². The molecule has 2 aliphatic rings. The number of ether oxygens (including phenoxy) is 1. The van der Waals surface area contributed by atoms with Gasteiger partial charge in [0.1, 0.15) is 0 Å². The first-order valence-corrected chi connectivity index (χ1v) is 7.41. The number of benzene rings is 2. The summed E-state index contributed by atoms with van der Waals surface area (Å²) < 4.78 is 4.80. The van der Waals surface area contributed by atoms with Crippen LogP contribution in [0.2, 0.25) is 0 Å². The first-order chi connectivity index (χ1) is 10.6. The van der Waals surface area contributed by atoms with Crippen LogP contribution in [0.5, 0.6) is 0 Å². The molecule has 0 atom stereocenters. The maximum Gasteiger partial charge on any atom is 0.346 e. The molecule has 5 nitrogen and oxygen atoms in total. The lowest BCUT2D eigenvalue weighted by Gasteiger charge is -2.35. The van der Waals surface area contributed by atoms with Gasteiger partial charge in [0.15, 0.2) is 0 Å². The summed E-state index contributed by atoms with van der Waals surface area (Å²) >= 11 is 0. The zero-order chi connectivity index (χ0) is 15.3. The minimum Gasteiger partial charge on any atom is -0.386 e. The van der Waals surface area contributed by atoms with Crippen LogP contribution in [0.1, 0.15) is 20.7 Å². The molecule has 0 saturated carbocycles. The summed E-state index contributed by atoms with van der Waals surface area (Å²) in [6.45, 7) is 3.88. The van der Waals surface area contributed by atoms with Crippen LogP contribution in [0.25, 0.3) is 10.8 Å². The van der Waals surface area contributed by atoms with E-state index in [1.807, 2.05) is 18.2 Å². The van der Waals surface area contributed by atoms with E-state index in [9.17, 15) is 9.59 Å². The van der Waals surface area contributed by atoms with Gasteiger partial charge in [-0.3, -0.25) is 0 Å². The van der Waals surface area contributed by atoms with Gasteiger partial charge in [-0.2, -0.15) is 0 Å².